The van der Waals surface area contributed by atoms with Crippen LogP contribution in [0.1, 0.15) is 30.0 Å². The maximum Gasteiger partial charge on any atom is 0.254 e. The number of ether oxygens (including phenoxy) is 3. The molecule has 8 nitrogen and oxygen atoms in total. The van der Waals surface area contributed by atoms with Gasteiger partial charge in [-0.2, -0.15) is 4.98 Å². The fourth-order valence-electron chi connectivity index (χ4n) is 3.24. The number of aryl methyl sites for hydroxylation is 1. The molecule has 1 aliphatic heterocycles. The van der Waals surface area contributed by atoms with E-state index in [1.807, 2.05) is 31.7 Å². The molecule has 2 aromatic rings. The van der Waals surface area contributed by atoms with E-state index in [1.165, 1.54) is 0 Å². The molecule has 1 amide bonds. The first kappa shape index (κ1) is 20.7. The van der Waals surface area contributed by atoms with Crippen molar-refractivity contribution in [3.8, 4) is 17.4 Å². The summed E-state index contributed by atoms with van der Waals surface area (Å²) in [6.07, 6.45) is 0.0477. The zero-order chi connectivity index (χ0) is 21.0. The van der Waals surface area contributed by atoms with Gasteiger partial charge in [0.2, 0.25) is 5.88 Å². The Morgan fingerprint density at radius 1 is 0.966 bits per heavy atom. The predicted octanol–water partition coefficient (Wildman–Crippen LogP) is 2.55. The highest BCUT2D eigenvalue weighted by Crippen LogP contribution is 2.25. The van der Waals surface area contributed by atoms with Gasteiger partial charge in [0, 0.05) is 43.9 Å². The van der Waals surface area contributed by atoms with Crippen LogP contribution in [0.4, 0.5) is 5.82 Å². The molecule has 1 saturated heterocycles. The van der Waals surface area contributed by atoms with Crippen molar-refractivity contribution in [1.82, 2.24) is 14.9 Å². The first-order chi connectivity index (χ1) is 13.9. The highest BCUT2D eigenvalue weighted by atomic mass is 16.5. The molecular weight excluding hydrogens is 372 g/mol. The molecule has 0 bridgehead atoms. The third kappa shape index (κ3) is 5.07. The van der Waals surface area contributed by atoms with Gasteiger partial charge >= 0.3 is 0 Å². The Kier molecular flexibility index (Phi) is 6.41. The van der Waals surface area contributed by atoms with E-state index < -0.39 is 0 Å². The fraction of sp³-hybridized carbons (Fsp3) is 0.476. The molecule has 1 aliphatic rings. The van der Waals surface area contributed by atoms with Crippen molar-refractivity contribution in [3.63, 3.8) is 0 Å². The Balaban J connectivity index is 1.69. The molecule has 156 valence electrons. The van der Waals surface area contributed by atoms with E-state index in [2.05, 4.69) is 14.9 Å². The minimum atomic E-state index is -0.0375. The van der Waals surface area contributed by atoms with Gasteiger partial charge in [0.25, 0.3) is 5.91 Å². The first-order valence-electron chi connectivity index (χ1n) is 9.69. The molecule has 29 heavy (non-hydrogen) atoms. The van der Waals surface area contributed by atoms with Gasteiger partial charge in [-0.3, -0.25) is 4.79 Å². The lowest BCUT2D eigenvalue weighted by atomic mass is 10.1. The van der Waals surface area contributed by atoms with Crippen molar-refractivity contribution >= 4 is 11.7 Å². The van der Waals surface area contributed by atoms with Gasteiger partial charge < -0.3 is 24.0 Å². The van der Waals surface area contributed by atoms with Crippen molar-refractivity contribution in [3.05, 3.63) is 35.7 Å². The third-order valence-corrected chi connectivity index (χ3v) is 4.65. The molecule has 0 N–H and O–H groups in total. The number of piperazine rings is 1. The molecule has 1 fully saturated rings. The summed E-state index contributed by atoms with van der Waals surface area (Å²) in [5.74, 6) is 3.22. The second-order valence-electron chi connectivity index (χ2n) is 7.16. The van der Waals surface area contributed by atoms with Gasteiger partial charge in [0.1, 0.15) is 23.1 Å². The summed E-state index contributed by atoms with van der Waals surface area (Å²) in [7, 11) is 3.14. The number of methoxy groups -OCH3 is 2. The number of carbonyl (C=O) groups is 1. The summed E-state index contributed by atoms with van der Waals surface area (Å²) in [4.78, 5) is 25.8. The molecule has 0 unspecified atom stereocenters. The molecule has 0 spiro atoms. The van der Waals surface area contributed by atoms with Gasteiger partial charge in [-0.1, -0.05) is 0 Å². The maximum atomic E-state index is 13.0. The van der Waals surface area contributed by atoms with Crippen LogP contribution in [0.2, 0.25) is 0 Å². The SMILES string of the molecule is COc1cc(OC)cc(C(=O)N2CCN(c3cc(OC(C)C)nc(C)n3)CC2)c1. The van der Waals surface area contributed by atoms with E-state index in [9.17, 15) is 4.79 Å². The molecule has 0 saturated carbocycles. The van der Waals surface area contributed by atoms with Crippen molar-refractivity contribution in [2.75, 3.05) is 45.3 Å². The lowest BCUT2D eigenvalue weighted by Gasteiger charge is -2.35. The summed E-state index contributed by atoms with van der Waals surface area (Å²) in [6.45, 7) is 8.36. The number of hydrogen-bond donors (Lipinski definition) is 0. The van der Waals surface area contributed by atoms with Crippen LogP contribution >= 0.6 is 0 Å². The normalized spacial score (nSPS) is 14.1. The van der Waals surface area contributed by atoms with Crippen LogP contribution in [-0.2, 0) is 0 Å². The van der Waals surface area contributed by atoms with Gasteiger partial charge in [-0.25, -0.2) is 4.98 Å². The van der Waals surface area contributed by atoms with E-state index in [4.69, 9.17) is 14.2 Å². The summed E-state index contributed by atoms with van der Waals surface area (Å²) in [5.41, 5.74) is 0.556. The van der Waals surface area contributed by atoms with Crippen molar-refractivity contribution in [1.29, 1.82) is 0 Å². The second kappa shape index (κ2) is 8.98. The number of benzene rings is 1. The fourth-order valence-corrected chi connectivity index (χ4v) is 3.24. The van der Waals surface area contributed by atoms with E-state index in [0.29, 0.717) is 54.9 Å². The maximum absolute atomic E-state index is 13.0. The summed E-state index contributed by atoms with van der Waals surface area (Å²) in [6, 6.07) is 7.08. The van der Waals surface area contributed by atoms with E-state index >= 15 is 0 Å². The number of amides is 1. The molecule has 0 aliphatic carbocycles. The van der Waals surface area contributed by atoms with Crippen LogP contribution in [0.25, 0.3) is 0 Å². The Morgan fingerprint density at radius 3 is 2.14 bits per heavy atom. The van der Waals surface area contributed by atoms with Gasteiger partial charge in [0.15, 0.2) is 0 Å². The summed E-state index contributed by atoms with van der Waals surface area (Å²) >= 11 is 0. The first-order valence-corrected chi connectivity index (χ1v) is 9.69. The Hall–Kier alpha value is -3.03. The average Bonchev–Trinajstić information content (AvgIpc) is 2.72. The minimum Gasteiger partial charge on any atom is -0.497 e. The summed E-state index contributed by atoms with van der Waals surface area (Å²) in [5, 5.41) is 0. The zero-order valence-corrected chi connectivity index (χ0v) is 17.6. The van der Waals surface area contributed by atoms with E-state index in [-0.39, 0.29) is 12.0 Å². The van der Waals surface area contributed by atoms with Gasteiger partial charge in [-0.05, 0) is 32.9 Å². The smallest absolute Gasteiger partial charge is 0.254 e. The highest BCUT2D eigenvalue weighted by Gasteiger charge is 2.24. The van der Waals surface area contributed by atoms with Crippen LogP contribution in [0.15, 0.2) is 24.3 Å². The van der Waals surface area contributed by atoms with Crippen LogP contribution in [0.3, 0.4) is 0 Å². The molecule has 1 aromatic heterocycles. The number of anilines is 1. The highest BCUT2D eigenvalue weighted by molar-refractivity contribution is 5.95. The molecule has 0 atom stereocenters. The van der Waals surface area contributed by atoms with E-state index in [0.717, 1.165) is 5.82 Å². The van der Waals surface area contributed by atoms with Crippen LogP contribution in [0.5, 0.6) is 17.4 Å². The number of carbonyl (C=O) groups excluding carboxylic acids is 1. The minimum absolute atomic E-state index is 0.0375. The molecule has 8 heteroatoms. The summed E-state index contributed by atoms with van der Waals surface area (Å²) < 4.78 is 16.3. The third-order valence-electron chi connectivity index (χ3n) is 4.65. The zero-order valence-electron chi connectivity index (χ0n) is 17.6. The van der Waals surface area contributed by atoms with Gasteiger partial charge in [0.05, 0.1) is 20.3 Å². The number of nitrogens with zero attached hydrogens (tertiary/aromatic N) is 4. The number of aromatic nitrogens is 2. The van der Waals surface area contributed by atoms with Crippen molar-refractivity contribution in [2.45, 2.75) is 26.9 Å². The average molecular weight is 400 g/mol. The second-order valence-corrected chi connectivity index (χ2v) is 7.16. The largest absolute Gasteiger partial charge is 0.497 e. The van der Waals surface area contributed by atoms with Crippen molar-refractivity contribution in [2.24, 2.45) is 0 Å². The molecular formula is C21H28N4O4. The molecule has 1 aromatic carbocycles. The monoisotopic (exact) mass is 400 g/mol. The van der Waals surface area contributed by atoms with Crippen molar-refractivity contribution < 1.29 is 19.0 Å². The number of rotatable bonds is 6. The lowest BCUT2D eigenvalue weighted by Crippen LogP contribution is -2.49. The Bertz CT molecular complexity index is 842. The van der Waals surface area contributed by atoms with Gasteiger partial charge in [-0.15, -0.1) is 0 Å². The molecule has 2 heterocycles. The molecule has 0 radical (unpaired) electrons. The predicted molar refractivity (Wildman–Crippen MR) is 110 cm³/mol. The topological polar surface area (TPSA) is 77.0 Å². The lowest BCUT2D eigenvalue weighted by molar-refractivity contribution is 0.0745. The number of hydrogen-bond acceptors (Lipinski definition) is 7. The van der Waals surface area contributed by atoms with E-state index in [1.54, 1.807) is 32.4 Å². The van der Waals surface area contributed by atoms with Crippen LogP contribution < -0.4 is 19.1 Å². The van der Waals surface area contributed by atoms with Crippen LogP contribution in [0, 0.1) is 6.92 Å². The Labute approximate surface area is 171 Å². The Morgan fingerprint density at radius 2 is 1.59 bits per heavy atom. The standard InChI is InChI=1S/C21H28N4O4/c1-14(2)29-20-13-19(22-15(3)23-20)24-6-8-25(9-7-24)21(26)16-10-17(27-4)12-18(11-16)28-5/h10-14H,6-9H2,1-5H3. The van der Waals surface area contributed by atoms with Crippen LogP contribution in [-0.4, -0.2) is 67.3 Å². The molecule has 3 rings (SSSR count). The quantitative estimate of drug-likeness (QED) is 0.737.